The van der Waals surface area contributed by atoms with E-state index < -0.39 is 0 Å². The Labute approximate surface area is 145 Å². The number of phenols is 1. The Hall–Kier alpha value is -3.21. The highest BCUT2D eigenvalue weighted by Crippen LogP contribution is 2.22. The number of rotatable bonds is 3. The standard InChI is InChI=1S/C20H17N3O2/c1-13-19-22-17(11-14-7-9-16(24)10-8-14)20(25)23(19)12-18(21-13)15-5-3-2-4-6-15/h2-10,12,17,24H,11H2,1H3/p+1. The summed E-state index contributed by atoms with van der Waals surface area (Å²) in [6, 6.07) is 16.4. The Kier molecular flexibility index (Phi) is 3.69. The lowest BCUT2D eigenvalue weighted by Gasteiger charge is -2.03. The Balaban J connectivity index is 1.65. The van der Waals surface area contributed by atoms with Gasteiger partial charge in [-0.15, -0.1) is 0 Å². The summed E-state index contributed by atoms with van der Waals surface area (Å²) in [4.78, 5) is 17.5. The Bertz CT molecular complexity index is 937. The first-order valence-electron chi connectivity index (χ1n) is 8.19. The van der Waals surface area contributed by atoms with Crippen molar-refractivity contribution in [1.82, 2.24) is 4.98 Å². The molecule has 5 heteroatoms. The predicted octanol–water partition coefficient (Wildman–Crippen LogP) is 2.73. The Morgan fingerprint density at radius 3 is 2.56 bits per heavy atom. The van der Waals surface area contributed by atoms with Gasteiger partial charge in [-0.25, -0.2) is 9.78 Å². The lowest BCUT2D eigenvalue weighted by atomic mass is 10.1. The molecule has 0 amide bonds. The number of benzene rings is 2. The Morgan fingerprint density at radius 2 is 1.84 bits per heavy atom. The van der Waals surface area contributed by atoms with Crippen LogP contribution < -0.4 is 9.88 Å². The molecule has 0 aliphatic carbocycles. The molecule has 4 rings (SSSR count). The van der Waals surface area contributed by atoms with Crippen LogP contribution in [0.1, 0.15) is 16.1 Å². The number of aromatic hydroxyl groups is 1. The van der Waals surface area contributed by atoms with Crippen LogP contribution in [-0.2, 0) is 6.42 Å². The Morgan fingerprint density at radius 1 is 1.12 bits per heavy atom. The van der Waals surface area contributed by atoms with E-state index in [1.807, 2.05) is 49.4 Å². The predicted molar refractivity (Wildman–Crippen MR) is 94.5 cm³/mol. The molecule has 1 unspecified atom stereocenters. The minimum Gasteiger partial charge on any atom is -0.508 e. The minimum absolute atomic E-state index is 0.00533. The maximum atomic E-state index is 12.8. The summed E-state index contributed by atoms with van der Waals surface area (Å²) < 4.78 is 1.66. The molecule has 0 bridgehead atoms. The van der Waals surface area contributed by atoms with Crippen LogP contribution in [-0.4, -0.2) is 22.0 Å². The van der Waals surface area contributed by atoms with Crippen LogP contribution in [0, 0.1) is 6.92 Å². The summed E-state index contributed by atoms with van der Waals surface area (Å²) in [7, 11) is 0. The fourth-order valence-electron chi connectivity index (χ4n) is 3.12. The number of carbonyl (C=O) groups excluding carboxylic acids is 1. The fraction of sp³-hybridized carbons (Fsp3) is 0.150. The molecule has 25 heavy (non-hydrogen) atoms. The topological polar surface area (TPSA) is 66.1 Å². The molecule has 3 aromatic rings. The summed E-state index contributed by atoms with van der Waals surface area (Å²) in [5, 5.41) is 12.7. The number of hydrogen-bond donors (Lipinski definition) is 2. The maximum absolute atomic E-state index is 12.8. The zero-order valence-corrected chi connectivity index (χ0v) is 13.8. The summed E-state index contributed by atoms with van der Waals surface area (Å²) in [6.45, 7) is 1.90. The highest BCUT2D eigenvalue weighted by molar-refractivity contribution is 5.82. The normalized spacial score (nSPS) is 15.7. The molecule has 2 heterocycles. The quantitative estimate of drug-likeness (QED) is 0.724. The van der Waals surface area contributed by atoms with E-state index >= 15 is 0 Å². The molecule has 0 saturated carbocycles. The van der Waals surface area contributed by atoms with Gasteiger partial charge in [0.15, 0.2) is 6.04 Å². The van der Waals surface area contributed by atoms with E-state index in [9.17, 15) is 9.90 Å². The molecular weight excluding hydrogens is 314 g/mol. The number of carbonyl (C=O) groups is 1. The number of anilines is 1. The van der Waals surface area contributed by atoms with Gasteiger partial charge in [-0.05, 0) is 24.6 Å². The van der Waals surface area contributed by atoms with Gasteiger partial charge in [0, 0.05) is 12.0 Å². The van der Waals surface area contributed by atoms with Crippen molar-refractivity contribution >= 4 is 11.7 Å². The lowest BCUT2D eigenvalue weighted by Crippen LogP contribution is -2.44. The molecule has 1 aliphatic rings. The third-order valence-electron chi connectivity index (χ3n) is 4.42. The molecule has 1 atom stereocenters. The van der Waals surface area contributed by atoms with Crippen molar-refractivity contribution in [3.63, 3.8) is 0 Å². The van der Waals surface area contributed by atoms with E-state index in [2.05, 4.69) is 10.3 Å². The molecule has 0 saturated heterocycles. The third kappa shape index (κ3) is 2.85. The van der Waals surface area contributed by atoms with E-state index in [0.29, 0.717) is 6.42 Å². The molecule has 5 nitrogen and oxygen atoms in total. The number of hydrogen-bond acceptors (Lipinski definition) is 4. The van der Waals surface area contributed by atoms with Crippen LogP contribution in [0.25, 0.3) is 11.3 Å². The zero-order valence-electron chi connectivity index (χ0n) is 13.8. The monoisotopic (exact) mass is 332 g/mol. The van der Waals surface area contributed by atoms with Gasteiger partial charge in [0.25, 0.3) is 0 Å². The fourth-order valence-corrected chi connectivity index (χ4v) is 3.12. The molecular formula is C20H18N3O2+. The highest BCUT2D eigenvalue weighted by atomic mass is 16.3. The molecule has 124 valence electrons. The van der Waals surface area contributed by atoms with Crippen molar-refractivity contribution in [2.75, 3.05) is 5.32 Å². The summed E-state index contributed by atoms with van der Waals surface area (Å²) in [5.74, 6) is 0.971. The molecule has 1 aliphatic heterocycles. The molecule has 2 aromatic carbocycles. The van der Waals surface area contributed by atoms with Gasteiger partial charge in [0.05, 0.1) is 0 Å². The summed E-state index contributed by atoms with van der Waals surface area (Å²) in [5.41, 5.74) is 3.55. The second kappa shape index (κ2) is 6.02. The maximum Gasteiger partial charge on any atom is 0.359 e. The van der Waals surface area contributed by atoms with Crippen LogP contribution in [0.15, 0.2) is 60.8 Å². The van der Waals surface area contributed by atoms with Gasteiger partial charge < -0.3 is 5.11 Å². The largest absolute Gasteiger partial charge is 0.508 e. The van der Waals surface area contributed by atoms with Gasteiger partial charge in [0.2, 0.25) is 0 Å². The number of fused-ring (bicyclic) bond motifs is 1. The van der Waals surface area contributed by atoms with Crippen molar-refractivity contribution in [2.24, 2.45) is 0 Å². The van der Waals surface area contributed by atoms with Crippen LogP contribution in [0.3, 0.4) is 0 Å². The first-order valence-corrected chi connectivity index (χ1v) is 8.19. The average molecular weight is 332 g/mol. The zero-order chi connectivity index (χ0) is 17.4. The highest BCUT2D eigenvalue weighted by Gasteiger charge is 2.40. The van der Waals surface area contributed by atoms with Crippen LogP contribution in [0.4, 0.5) is 5.82 Å². The molecule has 0 fully saturated rings. The SMILES string of the molecule is Cc1nc(-c2ccccc2)c[n+]2c1NC(Cc1ccc(O)cc1)C2=O. The molecule has 2 N–H and O–H groups in total. The first kappa shape index (κ1) is 15.3. The van der Waals surface area contributed by atoms with E-state index in [4.69, 9.17) is 0 Å². The lowest BCUT2D eigenvalue weighted by molar-refractivity contribution is -0.552. The number of nitrogens with zero attached hydrogens (tertiary/aromatic N) is 2. The van der Waals surface area contributed by atoms with Crippen molar-refractivity contribution < 1.29 is 14.5 Å². The number of phenolic OH excluding ortho intramolecular Hbond substituents is 1. The summed E-state index contributed by atoms with van der Waals surface area (Å²) in [6.07, 6.45) is 2.35. The third-order valence-corrected chi connectivity index (χ3v) is 4.42. The van der Waals surface area contributed by atoms with E-state index in [0.717, 1.165) is 28.3 Å². The summed E-state index contributed by atoms with van der Waals surface area (Å²) >= 11 is 0. The van der Waals surface area contributed by atoms with Gasteiger partial charge in [0.1, 0.15) is 23.3 Å². The van der Waals surface area contributed by atoms with Crippen LogP contribution in [0.5, 0.6) is 5.75 Å². The van der Waals surface area contributed by atoms with E-state index in [1.165, 1.54) is 0 Å². The van der Waals surface area contributed by atoms with E-state index in [1.54, 1.807) is 22.9 Å². The van der Waals surface area contributed by atoms with Crippen molar-refractivity contribution in [3.8, 4) is 17.0 Å². The smallest absolute Gasteiger partial charge is 0.359 e. The number of nitrogens with one attached hydrogen (secondary N) is 1. The van der Waals surface area contributed by atoms with Crippen molar-refractivity contribution in [1.29, 1.82) is 0 Å². The van der Waals surface area contributed by atoms with Crippen LogP contribution >= 0.6 is 0 Å². The van der Waals surface area contributed by atoms with Gasteiger partial charge in [-0.1, -0.05) is 42.5 Å². The van der Waals surface area contributed by atoms with Gasteiger partial charge in [-0.2, -0.15) is 4.57 Å². The average Bonchev–Trinajstić information content (AvgIpc) is 2.94. The van der Waals surface area contributed by atoms with Crippen molar-refractivity contribution in [3.05, 3.63) is 72.1 Å². The van der Waals surface area contributed by atoms with Gasteiger partial charge >= 0.3 is 11.7 Å². The molecule has 0 radical (unpaired) electrons. The second-order valence-electron chi connectivity index (χ2n) is 6.20. The minimum atomic E-state index is -0.337. The first-order chi connectivity index (χ1) is 12.1. The second-order valence-corrected chi connectivity index (χ2v) is 6.20. The number of aromatic nitrogens is 2. The van der Waals surface area contributed by atoms with Crippen LogP contribution in [0.2, 0.25) is 0 Å². The molecule has 1 aromatic heterocycles. The van der Waals surface area contributed by atoms with Gasteiger partial charge in [-0.3, -0.25) is 5.32 Å². The molecule has 0 spiro atoms. The number of aryl methyl sites for hydroxylation is 1. The van der Waals surface area contributed by atoms with Crippen molar-refractivity contribution in [2.45, 2.75) is 19.4 Å². The van der Waals surface area contributed by atoms with E-state index in [-0.39, 0.29) is 17.7 Å².